The number of fused-ring (bicyclic) bond motifs is 6. The number of nitrogens with zero attached hydrogens (tertiary/aromatic N) is 3. The van der Waals surface area contributed by atoms with E-state index in [4.69, 9.17) is 4.74 Å². The van der Waals surface area contributed by atoms with Crippen molar-refractivity contribution >= 4 is 15.9 Å². The fourth-order valence-corrected chi connectivity index (χ4v) is 4.91. The van der Waals surface area contributed by atoms with Gasteiger partial charge in [-0.3, -0.25) is 9.48 Å². The van der Waals surface area contributed by atoms with Crippen molar-refractivity contribution < 1.29 is 26.7 Å². The van der Waals surface area contributed by atoms with Gasteiger partial charge in [0.1, 0.15) is 12.4 Å². The lowest BCUT2D eigenvalue weighted by Crippen LogP contribution is -2.34. The number of pyridine rings is 1. The van der Waals surface area contributed by atoms with Crippen molar-refractivity contribution in [3.8, 4) is 17.0 Å². The quantitative estimate of drug-likeness (QED) is 0.560. The number of amides is 1. The predicted molar refractivity (Wildman–Crippen MR) is 120 cm³/mol. The second kappa shape index (κ2) is 8.46. The maximum atomic E-state index is 14.8. The number of ether oxygens (including phenoxy) is 1. The largest absolute Gasteiger partial charge is 0.475 e. The summed E-state index contributed by atoms with van der Waals surface area (Å²) in [6, 6.07) is 6.19. The molecule has 0 atom stereocenters. The van der Waals surface area contributed by atoms with Gasteiger partial charge in [0.2, 0.25) is 11.8 Å². The molecule has 8 nitrogen and oxygen atoms in total. The van der Waals surface area contributed by atoms with E-state index in [1.54, 1.807) is 39.8 Å². The summed E-state index contributed by atoms with van der Waals surface area (Å²) in [5, 5.41) is 3.68. The molecule has 0 radical (unpaired) electrons. The van der Waals surface area contributed by atoms with Crippen LogP contribution in [0.15, 0.2) is 41.6 Å². The van der Waals surface area contributed by atoms with E-state index in [1.165, 1.54) is 18.3 Å². The van der Waals surface area contributed by atoms with Crippen molar-refractivity contribution in [1.29, 1.82) is 0 Å². The molecule has 1 amide bonds. The maximum Gasteiger partial charge on any atom is 0.270 e. The Hall–Kier alpha value is -3.34. The number of rotatable bonds is 1. The maximum absolute atomic E-state index is 14.8. The molecule has 4 rings (SSSR count). The monoisotopic (exact) mass is 490 g/mol. The second-order valence-electron chi connectivity index (χ2n) is 9.06. The number of aromatic nitrogens is 3. The van der Waals surface area contributed by atoms with Gasteiger partial charge in [-0.2, -0.15) is 4.39 Å². The number of carbonyl (C=O) groups excluding carboxylic acids is 1. The zero-order valence-electron chi connectivity index (χ0n) is 19.1. The number of nitrogens with one attached hydrogen (secondary N) is 1. The average Bonchev–Trinajstić information content (AvgIpc) is 3.15. The van der Waals surface area contributed by atoms with Gasteiger partial charge in [-0.25, -0.2) is 22.5 Å². The number of hydrogen-bond acceptors (Lipinski definition) is 6. The molecule has 0 unspecified atom stereocenters. The summed E-state index contributed by atoms with van der Waals surface area (Å²) < 4.78 is 63.8. The van der Waals surface area contributed by atoms with E-state index in [2.05, 4.69) is 10.1 Å². The highest BCUT2D eigenvalue weighted by atomic mass is 32.2. The Morgan fingerprint density at radius 2 is 1.94 bits per heavy atom. The molecule has 0 saturated heterocycles. The van der Waals surface area contributed by atoms with Crippen LogP contribution in [0.4, 0.5) is 8.78 Å². The van der Waals surface area contributed by atoms with Gasteiger partial charge in [0.25, 0.3) is 16.0 Å². The Labute approximate surface area is 196 Å². The molecule has 4 bridgehead atoms. The standard InChI is InChI=1S/C23H24F2N4O4S/c1-13(2)21-16-10-19(30)28-34(31,32)18-11-29(27-22(18)25)23(3,4)12-33-20-9-14(7-8-26-20)15(16)5-6-17(21)24/h5-9,11,13H,10,12H2,1-4H3,(H,28,30). The van der Waals surface area contributed by atoms with E-state index in [-0.39, 0.29) is 24.0 Å². The molecule has 11 heteroatoms. The minimum atomic E-state index is -4.57. The Morgan fingerprint density at radius 1 is 1.21 bits per heavy atom. The molecular weight excluding hydrogens is 466 g/mol. The first kappa shape index (κ1) is 23.8. The summed E-state index contributed by atoms with van der Waals surface area (Å²) in [6.45, 7) is 6.90. The minimum Gasteiger partial charge on any atom is -0.475 e. The van der Waals surface area contributed by atoms with Crippen LogP contribution in [0, 0.1) is 11.8 Å². The molecule has 0 saturated carbocycles. The minimum absolute atomic E-state index is 0.00998. The summed E-state index contributed by atoms with van der Waals surface area (Å²) in [5.74, 6) is -2.74. The molecule has 1 aromatic carbocycles. The molecule has 180 valence electrons. The number of sulfonamides is 1. The SMILES string of the molecule is CC(C)c1c(F)ccc2c1CC(=O)NS(=O)(=O)c1cn(nc1F)C(C)(C)COc1cc-2ccn1. The molecule has 2 aromatic heterocycles. The van der Waals surface area contributed by atoms with Gasteiger partial charge < -0.3 is 4.74 Å². The molecule has 0 aliphatic carbocycles. The number of hydrogen-bond donors (Lipinski definition) is 1. The Bertz CT molecular complexity index is 1380. The molecule has 3 aromatic rings. The van der Waals surface area contributed by atoms with Crippen molar-refractivity contribution in [1.82, 2.24) is 19.5 Å². The third kappa shape index (κ3) is 4.39. The summed E-state index contributed by atoms with van der Waals surface area (Å²) in [5.41, 5.74) is 0.816. The van der Waals surface area contributed by atoms with E-state index < -0.39 is 44.6 Å². The van der Waals surface area contributed by atoms with E-state index in [0.29, 0.717) is 16.7 Å². The summed E-state index contributed by atoms with van der Waals surface area (Å²) in [7, 11) is -4.57. The first-order valence-corrected chi connectivity index (χ1v) is 12.1. The van der Waals surface area contributed by atoms with Gasteiger partial charge in [-0.1, -0.05) is 19.9 Å². The van der Waals surface area contributed by atoms with Crippen LogP contribution in [0.3, 0.4) is 0 Å². The van der Waals surface area contributed by atoms with Crippen LogP contribution in [-0.2, 0) is 26.8 Å². The molecule has 0 spiro atoms. The van der Waals surface area contributed by atoms with Crippen molar-refractivity contribution in [2.45, 2.75) is 50.5 Å². The highest BCUT2D eigenvalue weighted by molar-refractivity contribution is 7.90. The van der Waals surface area contributed by atoms with Crippen LogP contribution >= 0.6 is 0 Å². The number of carbonyl (C=O) groups is 1. The summed E-state index contributed by atoms with van der Waals surface area (Å²) >= 11 is 0. The lowest BCUT2D eigenvalue weighted by molar-refractivity contribution is -0.118. The fourth-order valence-electron chi connectivity index (χ4n) is 3.92. The van der Waals surface area contributed by atoms with Gasteiger partial charge in [0.05, 0.1) is 12.0 Å². The molecule has 1 aliphatic rings. The van der Waals surface area contributed by atoms with Crippen LogP contribution in [0.2, 0.25) is 0 Å². The van der Waals surface area contributed by atoms with Crippen molar-refractivity contribution in [2.24, 2.45) is 0 Å². The third-order valence-electron chi connectivity index (χ3n) is 5.63. The Morgan fingerprint density at radius 3 is 2.65 bits per heavy atom. The van der Waals surface area contributed by atoms with Gasteiger partial charge in [-0.15, -0.1) is 5.10 Å². The predicted octanol–water partition coefficient (Wildman–Crippen LogP) is 3.52. The number of halogens is 2. The van der Waals surface area contributed by atoms with E-state index in [1.807, 2.05) is 4.72 Å². The van der Waals surface area contributed by atoms with Gasteiger partial charge in [-0.05, 0) is 54.2 Å². The van der Waals surface area contributed by atoms with E-state index in [0.717, 1.165) is 10.9 Å². The van der Waals surface area contributed by atoms with Crippen LogP contribution in [-0.4, -0.2) is 35.7 Å². The molecule has 1 N–H and O–H groups in total. The fraction of sp³-hybridized carbons (Fsp3) is 0.348. The van der Waals surface area contributed by atoms with Crippen LogP contribution in [0.25, 0.3) is 11.1 Å². The molecule has 3 heterocycles. The lowest BCUT2D eigenvalue weighted by Gasteiger charge is -2.25. The van der Waals surface area contributed by atoms with Crippen molar-refractivity contribution in [3.05, 3.63) is 59.6 Å². The summed E-state index contributed by atoms with van der Waals surface area (Å²) in [4.78, 5) is 16.3. The number of benzene rings is 1. The smallest absolute Gasteiger partial charge is 0.270 e. The van der Waals surface area contributed by atoms with E-state index >= 15 is 0 Å². The third-order valence-corrected chi connectivity index (χ3v) is 6.98. The second-order valence-corrected chi connectivity index (χ2v) is 10.7. The van der Waals surface area contributed by atoms with Gasteiger partial charge in [0.15, 0.2) is 4.90 Å². The lowest BCUT2D eigenvalue weighted by atomic mass is 9.88. The molecular formula is C23H24F2N4O4S. The highest BCUT2D eigenvalue weighted by Crippen LogP contribution is 2.34. The van der Waals surface area contributed by atoms with Crippen LogP contribution in [0.1, 0.15) is 44.7 Å². The molecule has 34 heavy (non-hydrogen) atoms. The average molecular weight is 491 g/mol. The molecule has 0 fully saturated rings. The zero-order chi connectivity index (χ0) is 24.8. The van der Waals surface area contributed by atoms with Crippen molar-refractivity contribution in [3.63, 3.8) is 0 Å². The Balaban J connectivity index is 1.93. The Kier molecular flexibility index (Phi) is 5.92. The van der Waals surface area contributed by atoms with Gasteiger partial charge in [0, 0.05) is 18.5 Å². The summed E-state index contributed by atoms with van der Waals surface area (Å²) in [6.07, 6.45) is 2.08. The normalized spacial score (nSPS) is 17.2. The zero-order valence-corrected chi connectivity index (χ0v) is 19.9. The topological polar surface area (TPSA) is 103 Å². The highest BCUT2D eigenvalue weighted by Gasteiger charge is 2.31. The van der Waals surface area contributed by atoms with Gasteiger partial charge >= 0.3 is 0 Å². The molecule has 1 aliphatic heterocycles. The first-order valence-electron chi connectivity index (χ1n) is 10.6. The van der Waals surface area contributed by atoms with E-state index in [9.17, 15) is 22.0 Å². The van der Waals surface area contributed by atoms with Crippen molar-refractivity contribution in [2.75, 3.05) is 6.61 Å². The van der Waals surface area contributed by atoms with Crippen LogP contribution in [0.5, 0.6) is 5.88 Å². The van der Waals surface area contributed by atoms with Crippen LogP contribution < -0.4 is 9.46 Å². The first-order chi connectivity index (χ1) is 15.9.